The minimum absolute atomic E-state index is 0.00773. The highest BCUT2D eigenvalue weighted by molar-refractivity contribution is 5.98. The Kier molecular flexibility index (Phi) is 2.02. The molecule has 13 heavy (non-hydrogen) atoms. The molecule has 0 aromatic rings. The maximum atomic E-state index is 11.5. The molecule has 0 spiro atoms. The van der Waals surface area contributed by atoms with Crippen LogP contribution in [-0.4, -0.2) is 17.9 Å². The molecule has 0 radical (unpaired) electrons. The number of ketones is 2. The zero-order chi connectivity index (χ0) is 9.42. The Hall–Kier alpha value is -0.990. The lowest BCUT2D eigenvalue weighted by Crippen LogP contribution is -2.40. The van der Waals surface area contributed by atoms with Crippen LogP contribution in [0.5, 0.6) is 0 Å². The van der Waals surface area contributed by atoms with Gasteiger partial charge in [0.1, 0.15) is 17.9 Å². The van der Waals surface area contributed by atoms with Crippen molar-refractivity contribution in [1.29, 1.82) is 0 Å². The van der Waals surface area contributed by atoms with Crippen molar-refractivity contribution in [3.8, 4) is 0 Å². The summed E-state index contributed by atoms with van der Waals surface area (Å²) in [6.45, 7) is 0. The highest BCUT2D eigenvalue weighted by Crippen LogP contribution is 2.37. The van der Waals surface area contributed by atoms with Crippen LogP contribution >= 0.6 is 0 Å². The van der Waals surface area contributed by atoms with Crippen LogP contribution in [0.3, 0.4) is 0 Å². The molecule has 3 heteroatoms. The van der Waals surface area contributed by atoms with Crippen LogP contribution in [0.2, 0.25) is 0 Å². The average Bonchev–Trinajstić information content (AvgIpc) is 2.15. The first-order chi connectivity index (χ1) is 6.22. The molecular formula is C10H12O3. The summed E-state index contributed by atoms with van der Waals surface area (Å²) in [5.41, 5.74) is 0. The fourth-order valence-electron chi connectivity index (χ4n) is 2.45. The van der Waals surface area contributed by atoms with Gasteiger partial charge in [0, 0.05) is 18.3 Å². The summed E-state index contributed by atoms with van der Waals surface area (Å²) in [4.78, 5) is 33.5. The highest BCUT2D eigenvalue weighted by Gasteiger charge is 2.41. The van der Waals surface area contributed by atoms with E-state index >= 15 is 0 Å². The molecule has 2 aliphatic rings. The molecule has 0 heterocycles. The predicted molar refractivity (Wildman–Crippen MR) is 45.0 cm³/mol. The second kappa shape index (κ2) is 3.05. The minimum atomic E-state index is -0.493. The van der Waals surface area contributed by atoms with Crippen LogP contribution in [0, 0.1) is 17.8 Å². The third kappa shape index (κ3) is 1.32. The molecule has 0 aromatic heterocycles. The van der Waals surface area contributed by atoms with Crippen LogP contribution in [0.15, 0.2) is 0 Å². The van der Waals surface area contributed by atoms with Gasteiger partial charge in [0.05, 0.1) is 5.92 Å². The molecule has 0 N–H and O–H groups in total. The Morgan fingerprint density at radius 2 is 1.92 bits per heavy atom. The quantitative estimate of drug-likeness (QED) is 0.442. The van der Waals surface area contributed by atoms with E-state index in [1.165, 1.54) is 0 Å². The lowest BCUT2D eigenvalue weighted by molar-refractivity contribution is -0.140. The fraction of sp³-hybridized carbons (Fsp3) is 0.700. The molecule has 2 fully saturated rings. The standard InChI is InChI=1S/C10H12O3/c11-5-8-4-7-3-6(10(8)13)1-2-9(7)12/h5-8H,1-4H2. The van der Waals surface area contributed by atoms with Crippen molar-refractivity contribution in [2.24, 2.45) is 17.8 Å². The number of carbonyl (C=O) groups is 3. The van der Waals surface area contributed by atoms with Gasteiger partial charge in [-0.2, -0.15) is 0 Å². The van der Waals surface area contributed by atoms with E-state index in [4.69, 9.17) is 0 Å². The Bertz CT molecular complexity index is 269. The van der Waals surface area contributed by atoms with Gasteiger partial charge in [-0.05, 0) is 19.3 Å². The number of aldehydes is 1. The summed E-state index contributed by atoms with van der Waals surface area (Å²) in [6, 6.07) is 0. The normalized spacial score (nSPS) is 38.9. The van der Waals surface area contributed by atoms with Gasteiger partial charge in [-0.3, -0.25) is 9.59 Å². The highest BCUT2D eigenvalue weighted by atomic mass is 16.1. The average molecular weight is 180 g/mol. The van der Waals surface area contributed by atoms with E-state index < -0.39 is 5.92 Å². The van der Waals surface area contributed by atoms with Crippen LogP contribution in [0.1, 0.15) is 25.7 Å². The van der Waals surface area contributed by atoms with E-state index in [0.717, 1.165) is 0 Å². The predicted octanol–water partition coefficient (Wildman–Crippen LogP) is 0.760. The largest absolute Gasteiger partial charge is 0.303 e. The molecule has 0 aliphatic heterocycles. The van der Waals surface area contributed by atoms with Gasteiger partial charge in [0.25, 0.3) is 0 Å². The molecule has 2 saturated carbocycles. The molecule has 2 bridgehead atoms. The molecule has 3 atom stereocenters. The first kappa shape index (κ1) is 8.60. The van der Waals surface area contributed by atoms with E-state index in [9.17, 15) is 14.4 Å². The lowest BCUT2D eigenvalue weighted by Gasteiger charge is -2.34. The van der Waals surface area contributed by atoms with Crippen LogP contribution < -0.4 is 0 Å². The van der Waals surface area contributed by atoms with Gasteiger partial charge in [-0.25, -0.2) is 0 Å². The molecule has 2 aliphatic carbocycles. The van der Waals surface area contributed by atoms with E-state index in [0.29, 0.717) is 32.0 Å². The molecule has 0 saturated heterocycles. The van der Waals surface area contributed by atoms with E-state index in [2.05, 4.69) is 0 Å². The second-order valence-corrected chi connectivity index (χ2v) is 4.02. The van der Waals surface area contributed by atoms with Crippen molar-refractivity contribution >= 4 is 17.9 Å². The second-order valence-electron chi connectivity index (χ2n) is 4.02. The van der Waals surface area contributed by atoms with Crippen LogP contribution in [0.4, 0.5) is 0 Å². The van der Waals surface area contributed by atoms with E-state index in [1.807, 2.05) is 0 Å². The molecule has 3 nitrogen and oxygen atoms in total. The van der Waals surface area contributed by atoms with Crippen molar-refractivity contribution in [2.45, 2.75) is 25.7 Å². The zero-order valence-corrected chi connectivity index (χ0v) is 7.36. The first-order valence-electron chi connectivity index (χ1n) is 4.74. The van der Waals surface area contributed by atoms with Gasteiger partial charge in [-0.1, -0.05) is 0 Å². The number of rotatable bonds is 1. The van der Waals surface area contributed by atoms with E-state index in [1.54, 1.807) is 0 Å². The van der Waals surface area contributed by atoms with Gasteiger partial charge in [0.2, 0.25) is 0 Å². The SMILES string of the molecule is O=CC1CC2CC(CCC2=O)C1=O. The third-order valence-electron chi connectivity index (χ3n) is 3.23. The van der Waals surface area contributed by atoms with Crippen molar-refractivity contribution in [1.82, 2.24) is 0 Å². The molecular weight excluding hydrogens is 168 g/mol. The number of hydrogen-bond acceptors (Lipinski definition) is 3. The molecule has 0 amide bonds. The number of fused-ring (bicyclic) bond motifs is 2. The Labute approximate surface area is 76.5 Å². The van der Waals surface area contributed by atoms with Gasteiger partial charge < -0.3 is 4.79 Å². The molecule has 2 rings (SSSR count). The molecule has 3 unspecified atom stereocenters. The number of hydrogen-bond donors (Lipinski definition) is 0. The Morgan fingerprint density at radius 1 is 1.15 bits per heavy atom. The van der Waals surface area contributed by atoms with Crippen LogP contribution in [-0.2, 0) is 14.4 Å². The Balaban J connectivity index is 2.20. The summed E-state index contributed by atoms with van der Waals surface area (Å²) in [5.74, 6) is -0.194. The van der Waals surface area contributed by atoms with Crippen molar-refractivity contribution in [3.05, 3.63) is 0 Å². The summed E-state index contributed by atoms with van der Waals surface area (Å²) >= 11 is 0. The number of Topliss-reactive ketones (excluding diaryl/α,β-unsaturated/α-hetero) is 2. The topological polar surface area (TPSA) is 51.2 Å². The third-order valence-corrected chi connectivity index (χ3v) is 3.23. The number of carbonyl (C=O) groups excluding carboxylic acids is 3. The summed E-state index contributed by atoms with van der Waals surface area (Å²) in [7, 11) is 0. The monoisotopic (exact) mass is 180 g/mol. The van der Waals surface area contributed by atoms with Crippen LogP contribution in [0.25, 0.3) is 0 Å². The van der Waals surface area contributed by atoms with Gasteiger partial charge in [-0.15, -0.1) is 0 Å². The van der Waals surface area contributed by atoms with Crippen molar-refractivity contribution in [2.75, 3.05) is 0 Å². The minimum Gasteiger partial charge on any atom is -0.303 e. The zero-order valence-electron chi connectivity index (χ0n) is 7.36. The fourth-order valence-corrected chi connectivity index (χ4v) is 2.45. The summed E-state index contributed by atoms with van der Waals surface area (Å²) < 4.78 is 0. The van der Waals surface area contributed by atoms with Crippen molar-refractivity contribution in [3.63, 3.8) is 0 Å². The smallest absolute Gasteiger partial charge is 0.146 e. The maximum absolute atomic E-state index is 11.5. The lowest BCUT2D eigenvalue weighted by atomic mass is 9.67. The van der Waals surface area contributed by atoms with Crippen molar-refractivity contribution < 1.29 is 14.4 Å². The van der Waals surface area contributed by atoms with Gasteiger partial charge >= 0.3 is 0 Å². The molecule has 0 aromatic carbocycles. The van der Waals surface area contributed by atoms with E-state index in [-0.39, 0.29) is 23.4 Å². The maximum Gasteiger partial charge on any atom is 0.146 e. The summed E-state index contributed by atoms with van der Waals surface area (Å²) in [6.07, 6.45) is 3.07. The molecule has 70 valence electrons. The summed E-state index contributed by atoms with van der Waals surface area (Å²) in [5, 5.41) is 0. The Morgan fingerprint density at radius 3 is 2.62 bits per heavy atom. The first-order valence-corrected chi connectivity index (χ1v) is 4.74. The van der Waals surface area contributed by atoms with Gasteiger partial charge in [0.15, 0.2) is 0 Å².